The number of fused-ring (bicyclic) bond motifs is 3. The minimum Gasteiger partial charge on any atom is -0.466 e. The lowest BCUT2D eigenvalue weighted by Crippen LogP contribution is -2.53. The number of hydrogen-bond donors (Lipinski definition) is 0. The van der Waals surface area contributed by atoms with Crippen LogP contribution in [0.3, 0.4) is 0 Å². The van der Waals surface area contributed by atoms with Crippen LogP contribution in [0.2, 0.25) is 0 Å². The first-order valence-corrected chi connectivity index (χ1v) is 14.3. The highest BCUT2D eigenvalue weighted by atomic mass is 32.2. The molecule has 0 saturated carbocycles. The van der Waals surface area contributed by atoms with Gasteiger partial charge in [-0.25, -0.2) is 19.2 Å². The predicted molar refractivity (Wildman–Crippen MR) is 153 cm³/mol. The van der Waals surface area contributed by atoms with Crippen molar-refractivity contribution in [3.8, 4) is 0 Å². The van der Waals surface area contributed by atoms with E-state index in [1.165, 1.54) is 35.4 Å². The SMILES string of the molecule is COC(=O)C1=C(C(=O)OC)SC2(S1)C(C(=O)OC)=C(C(=O)OC)SC1=C2c2cc(C)ccc2N(C(C)=O)C1(C)C. The van der Waals surface area contributed by atoms with Crippen LogP contribution >= 0.6 is 35.3 Å². The molecule has 13 heteroatoms. The molecule has 0 aromatic heterocycles. The summed E-state index contributed by atoms with van der Waals surface area (Å²) in [6.07, 6.45) is 0. The van der Waals surface area contributed by atoms with E-state index in [0.29, 0.717) is 21.7 Å². The van der Waals surface area contributed by atoms with Crippen molar-refractivity contribution in [3.63, 3.8) is 0 Å². The summed E-state index contributed by atoms with van der Waals surface area (Å²) in [6.45, 7) is 6.98. The molecule has 4 rings (SSSR count). The number of ether oxygens (including phenoxy) is 4. The van der Waals surface area contributed by atoms with Gasteiger partial charge in [0.2, 0.25) is 5.91 Å². The van der Waals surface area contributed by atoms with Crippen molar-refractivity contribution in [1.82, 2.24) is 0 Å². The van der Waals surface area contributed by atoms with Crippen LogP contribution in [0.5, 0.6) is 0 Å². The second kappa shape index (κ2) is 10.7. The first kappa shape index (κ1) is 29.8. The molecule has 212 valence electrons. The Bertz CT molecular complexity index is 1440. The highest BCUT2D eigenvalue weighted by Crippen LogP contribution is 2.71. The molecule has 1 aromatic carbocycles. The Labute approximate surface area is 243 Å². The van der Waals surface area contributed by atoms with Crippen molar-refractivity contribution < 1.29 is 42.9 Å². The standard InChI is InChI=1S/C27H27NO9S3/c1-12-9-10-15-14(11-12)16-21(26(3,4)28(15)13(2)29)38-18(23(31)35-6)17(22(30)34-5)27(16)39-19(24(32)36-7)20(40-27)25(33)37-8/h9-11H,1-8H3. The number of rotatable bonds is 4. The van der Waals surface area contributed by atoms with Crippen molar-refractivity contribution in [2.45, 2.75) is 37.3 Å². The third kappa shape index (κ3) is 4.34. The molecular formula is C27H27NO9S3. The summed E-state index contributed by atoms with van der Waals surface area (Å²) in [5.41, 5.74) is 1.43. The van der Waals surface area contributed by atoms with Gasteiger partial charge >= 0.3 is 23.9 Å². The van der Waals surface area contributed by atoms with Crippen LogP contribution in [-0.2, 0) is 42.9 Å². The van der Waals surface area contributed by atoms with Crippen molar-refractivity contribution >= 4 is 76.3 Å². The average molecular weight is 606 g/mol. The van der Waals surface area contributed by atoms with Gasteiger partial charge in [0.25, 0.3) is 0 Å². The molecular weight excluding hydrogens is 578 g/mol. The zero-order valence-electron chi connectivity index (χ0n) is 23.1. The molecule has 0 unspecified atom stereocenters. The maximum Gasteiger partial charge on any atom is 0.345 e. The number of benzene rings is 1. The lowest BCUT2D eigenvalue weighted by Gasteiger charge is -2.50. The Morgan fingerprint density at radius 1 is 0.775 bits per heavy atom. The van der Waals surface area contributed by atoms with Gasteiger partial charge in [0, 0.05) is 23.0 Å². The topological polar surface area (TPSA) is 126 Å². The van der Waals surface area contributed by atoms with E-state index in [0.717, 1.165) is 40.8 Å². The number of aryl methyl sites for hydroxylation is 1. The maximum atomic E-state index is 13.6. The Morgan fingerprint density at radius 3 is 1.75 bits per heavy atom. The number of carbonyl (C=O) groups is 5. The lowest BCUT2D eigenvalue weighted by molar-refractivity contribution is -0.138. The number of amides is 1. The van der Waals surface area contributed by atoms with Gasteiger partial charge in [-0.15, -0.1) is 0 Å². The van der Waals surface area contributed by atoms with Gasteiger partial charge in [0.15, 0.2) is 0 Å². The molecule has 1 spiro atoms. The van der Waals surface area contributed by atoms with E-state index in [9.17, 15) is 24.0 Å². The fourth-order valence-corrected chi connectivity index (χ4v) is 10.0. The molecule has 0 N–H and O–H groups in total. The number of esters is 4. The molecule has 0 saturated heterocycles. The summed E-state index contributed by atoms with van der Waals surface area (Å²) in [4.78, 5) is 67.8. The number of carbonyl (C=O) groups excluding carboxylic acids is 5. The number of hydrogen-bond acceptors (Lipinski definition) is 12. The number of methoxy groups -OCH3 is 4. The monoisotopic (exact) mass is 605 g/mol. The summed E-state index contributed by atoms with van der Waals surface area (Å²) in [6, 6.07) is 5.54. The maximum absolute atomic E-state index is 13.6. The van der Waals surface area contributed by atoms with Gasteiger partial charge in [-0.3, -0.25) is 4.79 Å². The molecule has 0 atom stereocenters. The second-order valence-electron chi connectivity index (χ2n) is 9.39. The van der Waals surface area contributed by atoms with Crippen molar-refractivity contribution in [2.75, 3.05) is 33.3 Å². The summed E-state index contributed by atoms with van der Waals surface area (Å²) in [5.74, 6) is -3.54. The number of thioether (sulfide) groups is 3. The van der Waals surface area contributed by atoms with Crippen LogP contribution < -0.4 is 4.90 Å². The Hall–Kier alpha value is -3.16. The van der Waals surface area contributed by atoms with Gasteiger partial charge < -0.3 is 23.8 Å². The molecule has 1 aromatic rings. The molecule has 40 heavy (non-hydrogen) atoms. The predicted octanol–water partition coefficient (Wildman–Crippen LogP) is 3.93. The summed E-state index contributed by atoms with van der Waals surface area (Å²) in [7, 11) is 4.70. The third-order valence-electron chi connectivity index (χ3n) is 6.61. The molecule has 0 aliphatic carbocycles. The first-order chi connectivity index (χ1) is 18.8. The number of nitrogens with zero attached hydrogens (tertiary/aromatic N) is 1. The fourth-order valence-electron chi connectivity index (χ4n) is 4.99. The van der Waals surface area contributed by atoms with Gasteiger partial charge in [0.1, 0.15) is 18.8 Å². The van der Waals surface area contributed by atoms with Gasteiger partial charge in [-0.1, -0.05) is 46.9 Å². The average Bonchev–Trinajstić information content (AvgIpc) is 3.31. The van der Waals surface area contributed by atoms with Crippen LogP contribution in [0.1, 0.15) is 31.9 Å². The van der Waals surface area contributed by atoms with Crippen LogP contribution in [0.15, 0.2) is 43.4 Å². The normalized spacial score (nSPS) is 18.8. The van der Waals surface area contributed by atoms with E-state index < -0.39 is 33.5 Å². The lowest BCUT2D eigenvalue weighted by atomic mass is 9.83. The van der Waals surface area contributed by atoms with E-state index in [-0.39, 0.29) is 26.2 Å². The van der Waals surface area contributed by atoms with Crippen molar-refractivity contribution in [3.05, 3.63) is 54.5 Å². The Morgan fingerprint density at radius 2 is 1.27 bits per heavy atom. The summed E-state index contributed by atoms with van der Waals surface area (Å²) < 4.78 is 18.6. The fraction of sp³-hybridized carbons (Fsp3) is 0.370. The van der Waals surface area contributed by atoms with Crippen LogP contribution in [0, 0.1) is 6.92 Å². The quantitative estimate of drug-likeness (QED) is 0.365. The van der Waals surface area contributed by atoms with Crippen molar-refractivity contribution in [1.29, 1.82) is 0 Å². The van der Waals surface area contributed by atoms with E-state index in [4.69, 9.17) is 18.9 Å². The first-order valence-electron chi connectivity index (χ1n) is 11.9. The van der Waals surface area contributed by atoms with E-state index in [1.54, 1.807) is 4.90 Å². The van der Waals surface area contributed by atoms with Gasteiger partial charge in [-0.05, 0) is 32.9 Å². The van der Waals surface area contributed by atoms with Gasteiger partial charge in [-0.2, -0.15) is 0 Å². The van der Waals surface area contributed by atoms with E-state index in [2.05, 4.69) is 0 Å². The third-order valence-corrected chi connectivity index (χ3v) is 11.3. The van der Waals surface area contributed by atoms with Crippen LogP contribution in [0.4, 0.5) is 5.69 Å². The summed E-state index contributed by atoms with van der Waals surface area (Å²) >= 11 is 2.79. The molecule has 3 heterocycles. The molecule has 0 fully saturated rings. The van der Waals surface area contributed by atoms with E-state index in [1.807, 2.05) is 39.0 Å². The second-order valence-corrected chi connectivity index (χ2v) is 13.1. The Kier molecular flexibility index (Phi) is 7.96. The van der Waals surface area contributed by atoms with E-state index >= 15 is 0 Å². The van der Waals surface area contributed by atoms with Gasteiger partial charge in [0.05, 0.1) is 45.2 Å². The molecule has 1 amide bonds. The van der Waals surface area contributed by atoms with Crippen molar-refractivity contribution in [2.24, 2.45) is 0 Å². The summed E-state index contributed by atoms with van der Waals surface area (Å²) in [5, 5.41) is 0. The molecule has 3 aliphatic rings. The number of anilines is 1. The zero-order valence-corrected chi connectivity index (χ0v) is 25.5. The Balaban J connectivity index is 2.19. The molecule has 0 bridgehead atoms. The highest BCUT2D eigenvalue weighted by Gasteiger charge is 2.61. The minimum atomic E-state index is -1.59. The van der Waals surface area contributed by atoms with Crippen LogP contribution in [-0.4, -0.2) is 67.8 Å². The highest BCUT2D eigenvalue weighted by molar-refractivity contribution is 8.26. The van der Waals surface area contributed by atoms with Crippen LogP contribution in [0.25, 0.3) is 5.57 Å². The molecule has 3 aliphatic heterocycles. The molecule has 10 nitrogen and oxygen atoms in total. The smallest absolute Gasteiger partial charge is 0.345 e. The largest absolute Gasteiger partial charge is 0.466 e. The zero-order chi connectivity index (χ0) is 29.7. The molecule has 0 radical (unpaired) electrons. The minimum absolute atomic E-state index is 0.0869.